The summed E-state index contributed by atoms with van der Waals surface area (Å²) in [5.41, 5.74) is 0.357. The Hall–Kier alpha value is -3.89. The van der Waals surface area contributed by atoms with Gasteiger partial charge in [-0.2, -0.15) is 28.5 Å². The summed E-state index contributed by atoms with van der Waals surface area (Å²) in [5, 5.41) is 15.0. The summed E-state index contributed by atoms with van der Waals surface area (Å²) in [6.45, 7) is 0.507. The lowest BCUT2D eigenvalue weighted by molar-refractivity contribution is -0.137. The van der Waals surface area contributed by atoms with Crippen LogP contribution in [0.15, 0.2) is 67.4 Å². The van der Waals surface area contributed by atoms with Crippen molar-refractivity contribution in [2.24, 2.45) is 0 Å². The third kappa shape index (κ3) is 4.57. The first-order chi connectivity index (χ1) is 14.4. The molecular weight excluding hydrogens is 399 g/mol. The highest BCUT2D eigenvalue weighted by Crippen LogP contribution is 2.29. The summed E-state index contributed by atoms with van der Waals surface area (Å²) in [4.78, 5) is 12.4. The number of hydrogen-bond donors (Lipinski definition) is 1. The molecule has 8 nitrogen and oxygen atoms in total. The third-order valence-corrected chi connectivity index (χ3v) is 4.21. The molecule has 11 heteroatoms. The molecule has 0 fully saturated rings. The van der Waals surface area contributed by atoms with E-state index in [-0.39, 0.29) is 12.2 Å². The number of nitrogens with one attached hydrogen (secondary N) is 1. The number of aromatic nitrogens is 6. The Morgan fingerprint density at radius 2 is 1.90 bits per heavy atom. The molecule has 0 radical (unpaired) electrons. The van der Waals surface area contributed by atoms with Crippen molar-refractivity contribution in [2.45, 2.75) is 19.4 Å². The number of rotatable bonds is 6. The number of anilines is 1. The molecule has 4 rings (SSSR count). The van der Waals surface area contributed by atoms with Crippen LogP contribution in [0.3, 0.4) is 0 Å². The fourth-order valence-electron chi connectivity index (χ4n) is 2.84. The Balaban J connectivity index is 1.39. The Labute approximate surface area is 168 Å². The number of benzene rings is 1. The quantitative estimate of drug-likeness (QED) is 0.525. The molecule has 0 aliphatic heterocycles. The lowest BCUT2D eigenvalue weighted by Gasteiger charge is -2.08. The molecule has 0 saturated carbocycles. The van der Waals surface area contributed by atoms with E-state index < -0.39 is 17.6 Å². The predicted octanol–water partition coefficient (Wildman–Crippen LogP) is 3.10. The van der Waals surface area contributed by atoms with Crippen molar-refractivity contribution in [3.63, 3.8) is 0 Å². The number of amides is 1. The van der Waals surface area contributed by atoms with Crippen molar-refractivity contribution >= 4 is 11.6 Å². The van der Waals surface area contributed by atoms with Gasteiger partial charge >= 0.3 is 6.18 Å². The minimum Gasteiger partial charge on any atom is -0.318 e. The van der Waals surface area contributed by atoms with Crippen molar-refractivity contribution in [2.75, 3.05) is 5.32 Å². The number of halogens is 3. The molecule has 0 aliphatic carbocycles. The molecule has 0 saturated heterocycles. The molecule has 0 unspecified atom stereocenters. The lowest BCUT2D eigenvalue weighted by atomic mass is 10.1. The van der Waals surface area contributed by atoms with Crippen molar-refractivity contribution < 1.29 is 18.0 Å². The molecular formula is C19H16F3N7O. The van der Waals surface area contributed by atoms with Crippen LogP contribution < -0.4 is 5.32 Å². The Kier molecular flexibility index (Phi) is 5.09. The van der Waals surface area contributed by atoms with Crippen LogP contribution in [0.5, 0.6) is 0 Å². The number of hydrogen-bond acceptors (Lipinski definition) is 4. The van der Waals surface area contributed by atoms with E-state index in [1.165, 1.54) is 16.9 Å². The van der Waals surface area contributed by atoms with E-state index in [0.29, 0.717) is 17.9 Å². The maximum absolute atomic E-state index is 12.8. The van der Waals surface area contributed by atoms with Crippen LogP contribution in [0.2, 0.25) is 0 Å². The Morgan fingerprint density at radius 1 is 1.03 bits per heavy atom. The molecule has 0 bridgehead atoms. The van der Waals surface area contributed by atoms with Crippen LogP contribution in [0.4, 0.5) is 18.9 Å². The first kappa shape index (κ1) is 19.4. The van der Waals surface area contributed by atoms with Crippen molar-refractivity contribution in [3.8, 4) is 0 Å². The molecule has 3 aromatic heterocycles. The maximum atomic E-state index is 12.8. The first-order valence-electron chi connectivity index (χ1n) is 8.88. The van der Waals surface area contributed by atoms with Gasteiger partial charge in [-0.05, 0) is 29.8 Å². The van der Waals surface area contributed by atoms with Gasteiger partial charge in [0.15, 0.2) is 5.69 Å². The zero-order chi connectivity index (χ0) is 21.1. The van der Waals surface area contributed by atoms with E-state index in [9.17, 15) is 18.0 Å². The zero-order valence-corrected chi connectivity index (χ0v) is 15.5. The Morgan fingerprint density at radius 3 is 2.67 bits per heavy atom. The molecule has 1 aromatic carbocycles. The summed E-state index contributed by atoms with van der Waals surface area (Å²) in [5.74, 6) is -0.423. The van der Waals surface area contributed by atoms with Crippen LogP contribution in [-0.4, -0.2) is 35.2 Å². The highest BCUT2D eigenvalue weighted by atomic mass is 19.4. The molecule has 1 N–H and O–H groups in total. The fraction of sp³-hybridized carbons (Fsp3) is 0.158. The normalized spacial score (nSPS) is 11.6. The van der Waals surface area contributed by atoms with E-state index in [0.717, 1.165) is 12.1 Å². The van der Waals surface area contributed by atoms with Crippen LogP contribution in [0, 0.1) is 0 Å². The summed E-state index contributed by atoms with van der Waals surface area (Å²) in [7, 11) is 0. The maximum Gasteiger partial charge on any atom is 0.416 e. The van der Waals surface area contributed by atoms with Gasteiger partial charge in [-0.3, -0.25) is 18.8 Å². The lowest BCUT2D eigenvalue weighted by Crippen LogP contribution is -2.14. The number of carbonyl (C=O) groups is 1. The van der Waals surface area contributed by atoms with E-state index in [4.69, 9.17) is 0 Å². The molecule has 154 valence electrons. The fourth-order valence-corrected chi connectivity index (χ4v) is 2.84. The van der Waals surface area contributed by atoms with Crippen molar-refractivity contribution in [1.29, 1.82) is 0 Å². The SMILES string of the molecule is O=C(Nc1cnn(Cc2cccc(C(F)(F)F)c2)c1)c1ccn(Cn2cccn2)n1. The van der Waals surface area contributed by atoms with Gasteiger partial charge in [-0.15, -0.1) is 0 Å². The van der Waals surface area contributed by atoms with Crippen molar-refractivity contribution in [1.82, 2.24) is 29.3 Å². The largest absolute Gasteiger partial charge is 0.416 e. The zero-order valence-electron chi connectivity index (χ0n) is 15.5. The second kappa shape index (κ2) is 7.85. The second-order valence-corrected chi connectivity index (χ2v) is 6.51. The van der Waals surface area contributed by atoms with Gasteiger partial charge in [0, 0.05) is 24.8 Å². The number of alkyl halides is 3. The molecule has 0 aliphatic rings. The van der Waals surface area contributed by atoms with Crippen LogP contribution in [0.1, 0.15) is 21.6 Å². The third-order valence-electron chi connectivity index (χ3n) is 4.21. The Bertz CT molecular complexity index is 1150. The van der Waals surface area contributed by atoms with E-state index in [1.54, 1.807) is 52.4 Å². The summed E-state index contributed by atoms with van der Waals surface area (Å²) in [6.07, 6.45) is 3.65. The molecule has 0 atom stereocenters. The molecule has 1 amide bonds. The summed E-state index contributed by atoms with van der Waals surface area (Å²) < 4.78 is 43.2. The first-order valence-corrected chi connectivity index (χ1v) is 8.88. The summed E-state index contributed by atoms with van der Waals surface area (Å²) in [6, 6.07) is 8.39. The van der Waals surface area contributed by atoms with Gasteiger partial charge in [-0.25, -0.2) is 0 Å². The van der Waals surface area contributed by atoms with E-state index in [2.05, 4.69) is 20.6 Å². The topological polar surface area (TPSA) is 82.6 Å². The standard InChI is InChI=1S/C19H16F3N7O/c20-19(21,22)15-4-1-3-14(9-15)11-29-12-16(10-24-29)25-18(30)17-5-8-28(26-17)13-27-7-2-6-23-27/h1-10,12H,11,13H2,(H,25,30). The van der Waals surface area contributed by atoms with Gasteiger partial charge in [0.05, 0.1) is 24.0 Å². The number of nitrogens with zero attached hydrogens (tertiary/aromatic N) is 6. The van der Waals surface area contributed by atoms with E-state index >= 15 is 0 Å². The molecule has 30 heavy (non-hydrogen) atoms. The average Bonchev–Trinajstić information content (AvgIpc) is 3.45. The molecule has 4 aromatic rings. The summed E-state index contributed by atoms with van der Waals surface area (Å²) >= 11 is 0. The van der Waals surface area contributed by atoms with Crippen LogP contribution >= 0.6 is 0 Å². The van der Waals surface area contributed by atoms with E-state index in [1.807, 2.05) is 0 Å². The molecule has 0 spiro atoms. The minimum absolute atomic E-state index is 0.137. The minimum atomic E-state index is -4.40. The smallest absolute Gasteiger partial charge is 0.318 e. The second-order valence-electron chi connectivity index (χ2n) is 6.51. The van der Waals surface area contributed by atoms with Gasteiger partial charge < -0.3 is 5.32 Å². The monoisotopic (exact) mass is 415 g/mol. The van der Waals surface area contributed by atoms with Crippen LogP contribution in [0.25, 0.3) is 0 Å². The van der Waals surface area contributed by atoms with Gasteiger partial charge in [0.2, 0.25) is 0 Å². The van der Waals surface area contributed by atoms with Gasteiger partial charge in [-0.1, -0.05) is 12.1 Å². The van der Waals surface area contributed by atoms with Crippen molar-refractivity contribution in [3.05, 3.63) is 84.2 Å². The van der Waals surface area contributed by atoms with Gasteiger partial charge in [0.1, 0.15) is 6.67 Å². The number of carbonyl (C=O) groups excluding carboxylic acids is 1. The van der Waals surface area contributed by atoms with Gasteiger partial charge in [0.25, 0.3) is 5.91 Å². The van der Waals surface area contributed by atoms with Crippen LogP contribution in [-0.2, 0) is 19.4 Å². The average molecular weight is 415 g/mol. The molecule has 3 heterocycles. The highest BCUT2D eigenvalue weighted by Gasteiger charge is 2.30. The predicted molar refractivity (Wildman–Crippen MR) is 101 cm³/mol. The highest BCUT2D eigenvalue weighted by molar-refractivity contribution is 6.02.